The molecule has 0 aliphatic heterocycles. The fraction of sp³-hybridized carbons (Fsp3) is 0.267. The van der Waals surface area contributed by atoms with Crippen LogP contribution in [0.4, 0.5) is 0 Å². The van der Waals surface area contributed by atoms with Gasteiger partial charge in [-0.3, -0.25) is 4.79 Å². The fourth-order valence-corrected chi connectivity index (χ4v) is 3.76. The third kappa shape index (κ3) is 7.52. The lowest BCUT2D eigenvalue weighted by molar-refractivity contribution is -0.139. The molecule has 0 saturated carbocycles. The molecule has 2 aromatic carbocycles. The van der Waals surface area contributed by atoms with Crippen LogP contribution < -0.4 is 10.4 Å². The normalized spacial score (nSPS) is 10.6. The molecule has 3 aromatic rings. The zero-order valence-corrected chi connectivity index (χ0v) is 21.5. The van der Waals surface area contributed by atoms with Gasteiger partial charge in [-0.15, -0.1) is 0 Å². The highest BCUT2D eigenvalue weighted by Crippen LogP contribution is 2.27. The molecule has 198 valence electrons. The summed E-state index contributed by atoms with van der Waals surface area (Å²) in [5.41, 5.74) is 3.33. The van der Waals surface area contributed by atoms with Crippen LogP contribution in [0, 0.1) is 0 Å². The summed E-state index contributed by atoms with van der Waals surface area (Å²) in [6.45, 7) is 11.2. The Morgan fingerprint density at radius 2 is 1.61 bits per heavy atom. The zero-order valence-electron chi connectivity index (χ0n) is 21.5. The van der Waals surface area contributed by atoms with Gasteiger partial charge in [0.05, 0.1) is 18.8 Å². The minimum Gasteiger partial charge on any atom is -0.468 e. The van der Waals surface area contributed by atoms with Crippen molar-refractivity contribution in [3.63, 3.8) is 0 Å². The Morgan fingerprint density at radius 3 is 2.26 bits per heavy atom. The monoisotopic (exact) mass is 518 g/mol. The second-order valence-electron chi connectivity index (χ2n) is 8.91. The SMILES string of the molecule is C=C(C)C(=O)OCCCc1cc(CCCOC=O)cc2cc(-c3ccc(OC(=O)C(=C)C)cc3)c(=O)oc12. The molecule has 38 heavy (non-hydrogen) atoms. The lowest BCUT2D eigenvalue weighted by atomic mass is 9.98. The van der Waals surface area contributed by atoms with Crippen LogP contribution in [0.3, 0.4) is 0 Å². The van der Waals surface area contributed by atoms with E-state index >= 15 is 0 Å². The predicted molar refractivity (Wildman–Crippen MR) is 143 cm³/mol. The smallest absolute Gasteiger partial charge is 0.344 e. The van der Waals surface area contributed by atoms with Crippen LogP contribution in [-0.4, -0.2) is 31.6 Å². The molecule has 1 aromatic heterocycles. The second kappa shape index (κ2) is 13.2. The summed E-state index contributed by atoms with van der Waals surface area (Å²) in [5, 5.41) is 0.736. The van der Waals surface area contributed by atoms with Gasteiger partial charge in [0, 0.05) is 16.5 Å². The number of hydrogen-bond acceptors (Lipinski definition) is 8. The Kier molecular flexibility index (Phi) is 9.76. The van der Waals surface area contributed by atoms with Crippen molar-refractivity contribution in [2.75, 3.05) is 13.2 Å². The highest BCUT2D eigenvalue weighted by atomic mass is 16.5. The highest BCUT2D eigenvalue weighted by Gasteiger charge is 2.14. The minimum absolute atomic E-state index is 0.204. The summed E-state index contributed by atoms with van der Waals surface area (Å²) in [4.78, 5) is 46.9. The van der Waals surface area contributed by atoms with Gasteiger partial charge >= 0.3 is 17.6 Å². The second-order valence-corrected chi connectivity index (χ2v) is 8.91. The molecule has 8 nitrogen and oxygen atoms in total. The Morgan fingerprint density at radius 1 is 0.921 bits per heavy atom. The topological polar surface area (TPSA) is 109 Å². The molecule has 0 aliphatic rings. The maximum absolute atomic E-state index is 13.0. The van der Waals surface area contributed by atoms with Crippen molar-refractivity contribution in [2.24, 2.45) is 0 Å². The number of carbonyl (C=O) groups is 3. The molecule has 3 rings (SSSR count). The number of carbonyl (C=O) groups excluding carboxylic acids is 3. The van der Waals surface area contributed by atoms with E-state index in [0.29, 0.717) is 66.8 Å². The van der Waals surface area contributed by atoms with Crippen LogP contribution in [0.5, 0.6) is 5.75 Å². The van der Waals surface area contributed by atoms with E-state index in [0.717, 1.165) is 16.5 Å². The molecule has 0 saturated heterocycles. The number of benzene rings is 2. The average Bonchev–Trinajstić information content (AvgIpc) is 2.89. The van der Waals surface area contributed by atoms with E-state index in [2.05, 4.69) is 13.2 Å². The van der Waals surface area contributed by atoms with Crippen LogP contribution in [0.1, 0.15) is 37.8 Å². The first-order chi connectivity index (χ1) is 18.2. The van der Waals surface area contributed by atoms with E-state index in [1.54, 1.807) is 44.2 Å². The molecule has 0 N–H and O–H groups in total. The van der Waals surface area contributed by atoms with E-state index < -0.39 is 17.6 Å². The minimum atomic E-state index is -0.532. The van der Waals surface area contributed by atoms with Crippen molar-refractivity contribution in [1.29, 1.82) is 0 Å². The third-order valence-corrected chi connectivity index (χ3v) is 5.66. The summed E-state index contributed by atoms with van der Waals surface area (Å²) in [6, 6.07) is 12.2. The van der Waals surface area contributed by atoms with Crippen molar-refractivity contribution in [2.45, 2.75) is 39.5 Å². The molecule has 0 aliphatic carbocycles. The van der Waals surface area contributed by atoms with Gasteiger partial charge in [0.2, 0.25) is 0 Å². The van der Waals surface area contributed by atoms with Gasteiger partial charge in [-0.05, 0) is 80.5 Å². The Labute approximate surface area is 220 Å². The lowest BCUT2D eigenvalue weighted by Crippen LogP contribution is -2.08. The van der Waals surface area contributed by atoms with E-state index in [9.17, 15) is 19.2 Å². The van der Waals surface area contributed by atoms with Crippen LogP contribution in [0.25, 0.3) is 22.1 Å². The van der Waals surface area contributed by atoms with Crippen molar-refractivity contribution >= 4 is 29.4 Å². The van der Waals surface area contributed by atoms with Crippen molar-refractivity contribution in [1.82, 2.24) is 0 Å². The molecule has 8 heteroatoms. The summed E-state index contributed by atoms with van der Waals surface area (Å²) in [5.74, 6) is -0.646. The number of ether oxygens (including phenoxy) is 3. The first-order valence-corrected chi connectivity index (χ1v) is 12.1. The number of aryl methyl sites for hydroxylation is 2. The number of hydrogen-bond donors (Lipinski definition) is 0. The van der Waals surface area contributed by atoms with Crippen LogP contribution in [-0.2, 0) is 36.7 Å². The molecular formula is C30H30O8. The summed E-state index contributed by atoms with van der Waals surface area (Å²) in [6.07, 6.45) is 2.33. The largest absolute Gasteiger partial charge is 0.468 e. The van der Waals surface area contributed by atoms with Crippen LogP contribution in [0.2, 0.25) is 0 Å². The van der Waals surface area contributed by atoms with E-state index in [-0.39, 0.29) is 12.2 Å². The first kappa shape index (κ1) is 28.1. The molecule has 0 spiro atoms. The molecule has 0 bridgehead atoms. The summed E-state index contributed by atoms with van der Waals surface area (Å²) < 4.78 is 21.0. The highest BCUT2D eigenvalue weighted by molar-refractivity contribution is 5.89. The van der Waals surface area contributed by atoms with Gasteiger partial charge in [0.25, 0.3) is 6.47 Å². The van der Waals surface area contributed by atoms with E-state index in [1.807, 2.05) is 12.1 Å². The molecule has 1 heterocycles. The van der Waals surface area contributed by atoms with Crippen molar-refractivity contribution in [3.05, 3.63) is 88.3 Å². The van der Waals surface area contributed by atoms with Gasteiger partial charge in [-0.25, -0.2) is 14.4 Å². The molecular weight excluding hydrogens is 488 g/mol. The van der Waals surface area contributed by atoms with Crippen LogP contribution >= 0.6 is 0 Å². The van der Waals surface area contributed by atoms with Gasteiger partial charge < -0.3 is 18.6 Å². The maximum Gasteiger partial charge on any atom is 0.344 e. The lowest BCUT2D eigenvalue weighted by Gasteiger charge is -2.11. The zero-order chi connectivity index (χ0) is 27.7. The van der Waals surface area contributed by atoms with Gasteiger partial charge in [0.1, 0.15) is 11.3 Å². The molecule has 0 radical (unpaired) electrons. The van der Waals surface area contributed by atoms with Gasteiger partial charge in [-0.2, -0.15) is 0 Å². The standard InChI is InChI=1S/C30H30O8/c1-19(2)28(32)36-14-6-8-23-15-21(7-5-13-35-18-31)16-24-17-26(30(34)38-27(23)24)22-9-11-25(12-10-22)37-29(33)20(3)4/h9-12,15-18H,1,3,5-8,13-14H2,2,4H3. The van der Waals surface area contributed by atoms with Gasteiger partial charge in [-0.1, -0.05) is 31.4 Å². The van der Waals surface area contributed by atoms with Crippen LogP contribution in [0.15, 0.2) is 76.0 Å². The van der Waals surface area contributed by atoms with Crippen molar-refractivity contribution < 1.29 is 33.0 Å². The summed E-state index contributed by atoms with van der Waals surface area (Å²) in [7, 11) is 0. The average molecular weight is 519 g/mol. The Balaban J connectivity index is 1.91. The maximum atomic E-state index is 13.0. The fourth-order valence-electron chi connectivity index (χ4n) is 3.76. The van der Waals surface area contributed by atoms with E-state index in [4.69, 9.17) is 18.6 Å². The molecule has 0 atom stereocenters. The first-order valence-electron chi connectivity index (χ1n) is 12.1. The Hall–Kier alpha value is -4.46. The Bertz CT molecular complexity index is 1410. The molecule has 0 fully saturated rings. The number of fused-ring (bicyclic) bond motifs is 1. The number of rotatable bonds is 13. The van der Waals surface area contributed by atoms with Crippen molar-refractivity contribution in [3.8, 4) is 16.9 Å². The van der Waals surface area contributed by atoms with E-state index in [1.165, 1.54) is 0 Å². The molecule has 0 amide bonds. The predicted octanol–water partition coefficient (Wildman–Crippen LogP) is 5.10. The third-order valence-electron chi connectivity index (χ3n) is 5.66. The van der Waals surface area contributed by atoms with Gasteiger partial charge in [0.15, 0.2) is 0 Å². The number of esters is 2. The quantitative estimate of drug-likeness (QED) is 0.0768. The molecule has 0 unspecified atom stereocenters. The summed E-state index contributed by atoms with van der Waals surface area (Å²) >= 11 is 0.